The number of carbonyl (C=O) groups excluding carboxylic acids is 1. The maximum atomic E-state index is 12.2. The van der Waals surface area contributed by atoms with Crippen molar-refractivity contribution in [2.75, 3.05) is 10.6 Å². The number of hydrogen-bond acceptors (Lipinski definition) is 7. The summed E-state index contributed by atoms with van der Waals surface area (Å²) in [6, 6.07) is 7.31. The van der Waals surface area contributed by atoms with Gasteiger partial charge in [-0.15, -0.1) is 18.3 Å². The molecule has 13 heteroatoms. The third-order valence-electron chi connectivity index (χ3n) is 3.49. The molecule has 3 rings (SSSR count). The van der Waals surface area contributed by atoms with Crippen LogP contribution in [0.15, 0.2) is 42.6 Å². The highest BCUT2D eigenvalue weighted by molar-refractivity contribution is 5.99. The highest BCUT2D eigenvalue weighted by atomic mass is 19.4. The van der Waals surface area contributed by atoms with Crippen molar-refractivity contribution < 1.29 is 27.8 Å². The van der Waals surface area contributed by atoms with E-state index in [2.05, 4.69) is 35.9 Å². The van der Waals surface area contributed by atoms with E-state index in [-0.39, 0.29) is 30.5 Å². The highest BCUT2D eigenvalue weighted by Crippen LogP contribution is 2.24. The minimum Gasteiger partial charge on any atom is -0.406 e. The standard InChI is InChI=1S/C16H14F3N7O3/c17-16(18,19)29-12-3-1-11(2-4-12)21-15(28)22-13-7-10(5-6-20-13)8-26-14(9-27)23-24-25-26/h1-7,27H,8-9H2,(H2,20,21,22,28). The highest BCUT2D eigenvalue weighted by Gasteiger charge is 2.30. The summed E-state index contributed by atoms with van der Waals surface area (Å²) in [7, 11) is 0. The van der Waals surface area contributed by atoms with Crippen molar-refractivity contribution in [2.45, 2.75) is 19.5 Å². The van der Waals surface area contributed by atoms with Crippen LogP contribution >= 0.6 is 0 Å². The zero-order chi connectivity index (χ0) is 20.9. The predicted molar refractivity (Wildman–Crippen MR) is 92.8 cm³/mol. The number of aliphatic hydroxyl groups excluding tert-OH is 1. The molecule has 2 amide bonds. The van der Waals surface area contributed by atoms with Crippen LogP contribution in [0.5, 0.6) is 5.75 Å². The van der Waals surface area contributed by atoms with Gasteiger partial charge in [0.1, 0.15) is 18.2 Å². The molecule has 0 saturated carbocycles. The normalized spacial score (nSPS) is 11.2. The molecule has 0 atom stereocenters. The van der Waals surface area contributed by atoms with Gasteiger partial charge in [-0.3, -0.25) is 5.32 Å². The maximum absolute atomic E-state index is 12.2. The van der Waals surface area contributed by atoms with E-state index in [1.54, 1.807) is 12.1 Å². The summed E-state index contributed by atoms with van der Waals surface area (Å²) in [6.45, 7) is -0.0687. The predicted octanol–water partition coefficient (Wildman–Crippen LogP) is 2.15. The van der Waals surface area contributed by atoms with Gasteiger partial charge in [-0.2, -0.15) is 0 Å². The summed E-state index contributed by atoms with van der Waals surface area (Å²) >= 11 is 0. The Hall–Kier alpha value is -3.74. The van der Waals surface area contributed by atoms with Crippen LogP contribution in [0.1, 0.15) is 11.4 Å². The van der Waals surface area contributed by atoms with Crippen LogP contribution in [0, 0.1) is 0 Å². The minimum atomic E-state index is -4.79. The third-order valence-corrected chi connectivity index (χ3v) is 3.49. The van der Waals surface area contributed by atoms with Crippen molar-refractivity contribution in [3.63, 3.8) is 0 Å². The number of amides is 2. The number of tetrazole rings is 1. The zero-order valence-corrected chi connectivity index (χ0v) is 14.6. The van der Waals surface area contributed by atoms with E-state index in [1.165, 1.54) is 23.0 Å². The van der Waals surface area contributed by atoms with E-state index in [1.807, 2.05) is 0 Å². The molecule has 3 aromatic rings. The SMILES string of the molecule is O=C(Nc1ccc(OC(F)(F)F)cc1)Nc1cc(Cn2nnnc2CO)ccn1. The number of rotatable bonds is 6. The number of pyridine rings is 1. The first kappa shape index (κ1) is 20.0. The number of hydrogen-bond donors (Lipinski definition) is 3. The van der Waals surface area contributed by atoms with Crippen LogP contribution in [0.2, 0.25) is 0 Å². The van der Waals surface area contributed by atoms with Gasteiger partial charge in [-0.25, -0.2) is 14.5 Å². The Balaban J connectivity index is 1.59. The second-order valence-electron chi connectivity index (χ2n) is 5.61. The van der Waals surface area contributed by atoms with Crippen LogP contribution in [0.3, 0.4) is 0 Å². The summed E-state index contributed by atoms with van der Waals surface area (Å²) in [4.78, 5) is 16.1. The molecule has 0 saturated heterocycles. The molecule has 2 heterocycles. The molecule has 29 heavy (non-hydrogen) atoms. The molecule has 152 valence electrons. The second kappa shape index (κ2) is 8.52. The molecular formula is C16H14F3N7O3. The van der Waals surface area contributed by atoms with Gasteiger partial charge in [-0.05, 0) is 52.4 Å². The lowest BCUT2D eigenvalue weighted by Gasteiger charge is -2.11. The fraction of sp³-hybridized carbons (Fsp3) is 0.188. The number of aliphatic hydroxyl groups is 1. The number of urea groups is 1. The number of alkyl halides is 3. The Morgan fingerprint density at radius 3 is 2.62 bits per heavy atom. The summed E-state index contributed by atoms with van der Waals surface area (Å²) < 4.78 is 41.6. The van der Waals surface area contributed by atoms with Gasteiger partial charge in [0.2, 0.25) is 0 Å². The number of halogens is 3. The summed E-state index contributed by atoms with van der Waals surface area (Å²) in [5.41, 5.74) is 0.973. The van der Waals surface area contributed by atoms with Gasteiger partial charge in [-0.1, -0.05) is 0 Å². The van der Waals surface area contributed by atoms with Crippen molar-refractivity contribution in [2.24, 2.45) is 0 Å². The van der Waals surface area contributed by atoms with Crippen LogP contribution < -0.4 is 15.4 Å². The molecule has 0 aliphatic rings. The first-order chi connectivity index (χ1) is 13.8. The van der Waals surface area contributed by atoms with Crippen molar-refractivity contribution in [3.05, 3.63) is 54.0 Å². The monoisotopic (exact) mass is 409 g/mol. The Labute approximate surface area is 161 Å². The fourth-order valence-corrected chi connectivity index (χ4v) is 2.29. The van der Waals surface area contributed by atoms with Crippen molar-refractivity contribution >= 4 is 17.5 Å². The third kappa shape index (κ3) is 5.87. The first-order valence-electron chi connectivity index (χ1n) is 8.07. The smallest absolute Gasteiger partial charge is 0.406 e. The molecule has 0 aliphatic heterocycles. The van der Waals surface area contributed by atoms with Gasteiger partial charge in [0.15, 0.2) is 5.82 Å². The zero-order valence-electron chi connectivity index (χ0n) is 14.6. The lowest BCUT2D eigenvalue weighted by Crippen LogP contribution is -2.20. The summed E-state index contributed by atoms with van der Waals surface area (Å²) in [6.07, 6.45) is -3.32. The number of carbonyl (C=O) groups is 1. The first-order valence-corrected chi connectivity index (χ1v) is 8.07. The molecule has 0 unspecified atom stereocenters. The van der Waals surface area contributed by atoms with E-state index < -0.39 is 18.1 Å². The van der Waals surface area contributed by atoms with Crippen molar-refractivity contribution in [3.8, 4) is 5.75 Å². The van der Waals surface area contributed by atoms with Crippen LogP contribution in [-0.2, 0) is 13.2 Å². The quantitative estimate of drug-likeness (QED) is 0.569. The van der Waals surface area contributed by atoms with Crippen LogP contribution in [-0.4, -0.2) is 42.7 Å². The van der Waals surface area contributed by atoms with E-state index in [9.17, 15) is 18.0 Å². The Bertz CT molecular complexity index is 976. The minimum absolute atomic E-state index is 0.232. The average molecular weight is 409 g/mol. The van der Waals surface area contributed by atoms with Gasteiger partial charge in [0, 0.05) is 11.9 Å². The molecule has 0 aliphatic carbocycles. The average Bonchev–Trinajstić information content (AvgIpc) is 3.09. The van der Waals surface area contributed by atoms with E-state index in [0.29, 0.717) is 5.56 Å². The van der Waals surface area contributed by atoms with Crippen LogP contribution in [0.25, 0.3) is 0 Å². The molecule has 0 bridgehead atoms. The molecule has 10 nitrogen and oxygen atoms in total. The Morgan fingerprint density at radius 2 is 1.93 bits per heavy atom. The maximum Gasteiger partial charge on any atom is 0.573 e. The lowest BCUT2D eigenvalue weighted by molar-refractivity contribution is -0.274. The summed E-state index contributed by atoms with van der Waals surface area (Å²) in [5, 5.41) is 25.0. The molecule has 3 N–H and O–H groups in total. The number of aromatic nitrogens is 5. The van der Waals surface area contributed by atoms with Crippen LogP contribution in [0.4, 0.5) is 29.5 Å². The van der Waals surface area contributed by atoms with Crippen molar-refractivity contribution in [1.82, 2.24) is 25.2 Å². The van der Waals surface area contributed by atoms with Gasteiger partial charge < -0.3 is 15.2 Å². The van der Waals surface area contributed by atoms with Gasteiger partial charge >= 0.3 is 12.4 Å². The van der Waals surface area contributed by atoms with E-state index in [4.69, 9.17) is 5.11 Å². The number of anilines is 2. The van der Waals surface area contributed by atoms with E-state index in [0.717, 1.165) is 12.1 Å². The van der Waals surface area contributed by atoms with Crippen molar-refractivity contribution in [1.29, 1.82) is 0 Å². The second-order valence-corrected chi connectivity index (χ2v) is 5.61. The number of benzene rings is 1. The molecule has 2 aromatic heterocycles. The molecule has 1 aromatic carbocycles. The Kier molecular flexibility index (Phi) is 5.87. The topological polar surface area (TPSA) is 127 Å². The lowest BCUT2D eigenvalue weighted by atomic mass is 10.2. The molecule has 0 radical (unpaired) electrons. The molecular weight excluding hydrogens is 395 g/mol. The Morgan fingerprint density at radius 1 is 1.17 bits per heavy atom. The largest absolute Gasteiger partial charge is 0.573 e. The molecule has 0 spiro atoms. The number of ether oxygens (including phenoxy) is 1. The number of nitrogens with zero attached hydrogens (tertiary/aromatic N) is 5. The van der Waals surface area contributed by atoms with Gasteiger partial charge in [0.05, 0.1) is 6.54 Å². The fourth-order valence-electron chi connectivity index (χ4n) is 2.29. The summed E-state index contributed by atoms with van der Waals surface area (Å²) in [5.74, 6) is 0.116. The van der Waals surface area contributed by atoms with Gasteiger partial charge in [0.25, 0.3) is 0 Å². The molecule has 0 fully saturated rings. The van der Waals surface area contributed by atoms with E-state index >= 15 is 0 Å². The number of nitrogens with one attached hydrogen (secondary N) is 2.